The molecule has 2 saturated heterocycles. The summed E-state index contributed by atoms with van der Waals surface area (Å²) in [6.07, 6.45) is 0.368. The number of urea groups is 1. The Balaban J connectivity index is 1.44. The number of hydrogen-bond donors (Lipinski definition) is 2. The number of imide groups is 1. The first-order valence-electron chi connectivity index (χ1n) is 11.0. The molecule has 4 rings (SSSR count). The Labute approximate surface area is 200 Å². The molecule has 2 fully saturated rings. The summed E-state index contributed by atoms with van der Waals surface area (Å²) in [5.74, 6) is -2.02. The van der Waals surface area contributed by atoms with Crippen LogP contribution in [0.1, 0.15) is 29.9 Å². The maximum absolute atomic E-state index is 12.7. The van der Waals surface area contributed by atoms with Crippen LogP contribution in [0.5, 0.6) is 0 Å². The largest absolute Gasteiger partial charge is 0.451 e. The molecule has 4 amide bonds. The number of benzene rings is 1. The van der Waals surface area contributed by atoms with Crippen molar-refractivity contribution in [3.05, 3.63) is 41.3 Å². The van der Waals surface area contributed by atoms with Gasteiger partial charge in [-0.1, -0.05) is 37.3 Å². The molecule has 0 saturated carbocycles. The van der Waals surface area contributed by atoms with Crippen molar-refractivity contribution < 1.29 is 28.7 Å². The van der Waals surface area contributed by atoms with Crippen LogP contribution in [0.25, 0.3) is 11.1 Å². The number of anilines is 1. The lowest BCUT2D eigenvalue weighted by molar-refractivity contribution is -0.139. The van der Waals surface area contributed by atoms with Gasteiger partial charge in [-0.05, 0) is 25.0 Å². The van der Waals surface area contributed by atoms with E-state index in [2.05, 4.69) is 15.6 Å². The van der Waals surface area contributed by atoms with E-state index in [0.717, 1.165) is 16.1 Å². The number of nitrogens with zero attached hydrogens (tertiary/aromatic N) is 2. The van der Waals surface area contributed by atoms with Crippen LogP contribution in [0.3, 0.4) is 0 Å². The van der Waals surface area contributed by atoms with Crippen LogP contribution in [0.4, 0.5) is 9.80 Å². The number of hydrazine groups is 1. The highest BCUT2D eigenvalue weighted by atomic mass is 32.1. The molecule has 2 aromatic rings. The van der Waals surface area contributed by atoms with Crippen molar-refractivity contribution in [2.75, 3.05) is 37.8 Å². The molecular formula is C23H26N4O6S. The molecule has 1 aromatic carbocycles. The Morgan fingerprint density at radius 2 is 1.91 bits per heavy atom. The van der Waals surface area contributed by atoms with Crippen LogP contribution in [0.2, 0.25) is 0 Å². The Bertz CT molecular complexity index is 1100. The predicted octanol–water partition coefficient (Wildman–Crippen LogP) is 2.16. The zero-order valence-electron chi connectivity index (χ0n) is 19.0. The first-order valence-corrected chi connectivity index (χ1v) is 11.8. The van der Waals surface area contributed by atoms with Gasteiger partial charge in [-0.25, -0.2) is 9.59 Å². The fourth-order valence-electron chi connectivity index (χ4n) is 3.69. The smallest absolute Gasteiger partial charge is 0.348 e. The minimum absolute atomic E-state index is 0.349. The predicted molar refractivity (Wildman–Crippen MR) is 125 cm³/mol. The van der Waals surface area contributed by atoms with E-state index < -0.39 is 36.0 Å². The standard InChI is InChI=1S/C23H26N4O6S/c1-3-23(2)21(30)27(22(31)24-23)25-18(28)14-33-20(29)17-13-16(15-7-5-4-6-8-15)19(34-17)26-9-11-32-12-10-26/h4-8,13H,3,9-12,14H2,1-2H3,(H,24,31)(H,25,28). The molecule has 11 heteroatoms. The molecule has 0 aliphatic carbocycles. The number of ether oxygens (including phenoxy) is 2. The Morgan fingerprint density at radius 3 is 2.56 bits per heavy atom. The van der Waals surface area contributed by atoms with E-state index in [1.54, 1.807) is 19.9 Å². The van der Waals surface area contributed by atoms with Gasteiger partial charge in [0, 0.05) is 18.7 Å². The second-order valence-electron chi connectivity index (χ2n) is 8.16. The molecule has 0 radical (unpaired) electrons. The summed E-state index contributed by atoms with van der Waals surface area (Å²) in [4.78, 5) is 52.0. The number of nitrogens with one attached hydrogen (secondary N) is 2. The zero-order chi connectivity index (χ0) is 24.3. The molecule has 1 aromatic heterocycles. The van der Waals surface area contributed by atoms with Crippen LogP contribution in [-0.4, -0.2) is 67.3 Å². The van der Waals surface area contributed by atoms with Crippen molar-refractivity contribution in [1.82, 2.24) is 15.8 Å². The van der Waals surface area contributed by atoms with Gasteiger partial charge < -0.3 is 19.7 Å². The van der Waals surface area contributed by atoms with E-state index in [1.807, 2.05) is 30.3 Å². The molecule has 1 atom stereocenters. The lowest BCUT2D eigenvalue weighted by atomic mass is 10.00. The lowest BCUT2D eigenvalue weighted by Crippen LogP contribution is -2.49. The first kappa shape index (κ1) is 23.7. The van der Waals surface area contributed by atoms with Gasteiger partial charge in [0.2, 0.25) is 0 Å². The number of esters is 1. The molecule has 2 aliphatic heterocycles. The highest BCUT2D eigenvalue weighted by Gasteiger charge is 2.47. The van der Waals surface area contributed by atoms with Crippen molar-refractivity contribution in [2.24, 2.45) is 0 Å². The van der Waals surface area contributed by atoms with Gasteiger partial charge in [0.1, 0.15) is 10.4 Å². The number of amides is 4. The Kier molecular flexibility index (Phi) is 6.85. The van der Waals surface area contributed by atoms with Crippen LogP contribution < -0.4 is 15.6 Å². The first-order chi connectivity index (χ1) is 16.3. The number of hydrogen-bond acceptors (Lipinski definition) is 8. The summed E-state index contributed by atoms with van der Waals surface area (Å²) in [5.41, 5.74) is 3.00. The fraction of sp³-hybridized carbons (Fsp3) is 0.391. The monoisotopic (exact) mass is 486 g/mol. The third-order valence-electron chi connectivity index (χ3n) is 5.84. The van der Waals surface area contributed by atoms with Gasteiger partial charge in [-0.3, -0.25) is 15.0 Å². The van der Waals surface area contributed by atoms with Gasteiger partial charge in [-0.15, -0.1) is 11.3 Å². The summed E-state index contributed by atoms with van der Waals surface area (Å²) < 4.78 is 10.6. The summed E-state index contributed by atoms with van der Waals surface area (Å²) in [6, 6.07) is 10.7. The van der Waals surface area contributed by atoms with Gasteiger partial charge in [0.25, 0.3) is 11.8 Å². The van der Waals surface area contributed by atoms with Crippen LogP contribution in [0.15, 0.2) is 36.4 Å². The average Bonchev–Trinajstić information content (AvgIpc) is 3.40. The lowest BCUT2D eigenvalue weighted by Gasteiger charge is -2.28. The van der Waals surface area contributed by atoms with Crippen LogP contribution >= 0.6 is 11.3 Å². The number of carbonyl (C=O) groups excluding carboxylic acids is 4. The van der Waals surface area contributed by atoms with Crippen molar-refractivity contribution in [3.8, 4) is 11.1 Å². The Morgan fingerprint density at radius 1 is 1.21 bits per heavy atom. The minimum Gasteiger partial charge on any atom is -0.451 e. The van der Waals surface area contributed by atoms with Gasteiger partial charge in [-0.2, -0.15) is 5.01 Å². The molecule has 0 bridgehead atoms. The highest BCUT2D eigenvalue weighted by molar-refractivity contribution is 7.18. The van der Waals surface area contributed by atoms with E-state index in [-0.39, 0.29) is 0 Å². The molecule has 2 aliphatic rings. The van der Waals surface area contributed by atoms with E-state index in [1.165, 1.54) is 11.3 Å². The van der Waals surface area contributed by atoms with Gasteiger partial charge >= 0.3 is 12.0 Å². The number of thiophene rings is 1. The molecular weight excluding hydrogens is 460 g/mol. The quantitative estimate of drug-likeness (QED) is 0.455. The van der Waals surface area contributed by atoms with E-state index in [0.29, 0.717) is 42.6 Å². The molecule has 180 valence electrons. The summed E-state index contributed by atoms with van der Waals surface area (Å²) in [6.45, 7) is 5.32. The van der Waals surface area contributed by atoms with E-state index >= 15 is 0 Å². The molecule has 1 unspecified atom stereocenters. The number of carbonyl (C=O) groups is 4. The SMILES string of the molecule is CCC1(C)NC(=O)N(NC(=O)COC(=O)c2cc(-c3ccccc3)c(N3CCOCC3)s2)C1=O. The van der Waals surface area contributed by atoms with Crippen molar-refractivity contribution >= 4 is 40.2 Å². The van der Waals surface area contributed by atoms with E-state index in [9.17, 15) is 19.2 Å². The maximum Gasteiger partial charge on any atom is 0.348 e. The molecule has 34 heavy (non-hydrogen) atoms. The van der Waals surface area contributed by atoms with Gasteiger partial charge in [0.15, 0.2) is 6.61 Å². The molecule has 10 nitrogen and oxygen atoms in total. The zero-order valence-corrected chi connectivity index (χ0v) is 19.8. The van der Waals surface area contributed by atoms with Crippen molar-refractivity contribution in [2.45, 2.75) is 25.8 Å². The van der Waals surface area contributed by atoms with Crippen molar-refractivity contribution in [1.29, 1.82) is 0 Å². The number of rotatable bonds is 7. The van der Waals surface area contributed by atoms with Gasteiger partial charge in [0.05, 0.1) is 18.2 Å². The highest BCUT2D eigenvalue weighted by Crippen LogP contribution is 2.39. The summed E-state index contributed by atoms with van der Waals surface area (Å²) in [5, 5.41) is 4.09. The average molecular weight is 487 g/mol. The van der Waals surface area contributed by atoms with Crippen LogP contribution in [0, 0.1) is 0 Å². The second-order valence-corrected chi connectivity index (χ2v) is 9.19. The fourth-order valence-corrected chi connectivity index (χ4v) is 4.82. The topological polar surface area (TPSA) is 117 Å². The normalized spacial score (nSPS) is 20.3. The van der Waals surface area contributed by atoms with Crippen LogP contribution in [-0.2, 0) is 19.1 Å². The third kappa shape index (κ3) is 4.75. The molecule has 2 N–H and O–H groups in total. The Hall–Kier alpha value is -3.44. The molecule has 3 heterocycles. The molecule has 0 spiro atoms. The third-order valence-corrected chi connectivity index (χ3v) is 7.01. The second kappa shape index (κ2) is 9.82. The van der Waals surface area contributed by atoms with E-state index in [4.69, 9.17) is 9.47 Å². The minimum atomic E-state index is -1.08. The number of morpholine rings is 1. The summed E-state index contributed by atoms with van der Waals surface area (Å²) in [7, 11) is 0. The maximum atomic E-state index is 12.7. The summed E-state index contributed by atoms with van der Waals surface area (Å²) >= 11 is 1.29. The van der Waals surface area contributed by atoms with Crippen molar-refractivity contribution in [3.63, 3.8) is 0 Å².